The van der Waals surface area contributed by atoms with Gasteiger partial charge in [0.15, 0.2) is 0 Å². The average molecular weight is 282 g/mol. The van der Waals surface area contributed by atoms with Crippen LogP contribution in [-0.4, -0.2) is 34.7 Å². The second kappa shape index (κ2) is 5.19. The highest BCUT2D eigenvalue weighted by molar-refractivity contribution is 5.45. The van der Waals surface area contributed by atoms with E-state index in [0.29, 0.717) is 12.1 Å². The lowest BCUT2D eigenvalue weighted by atomic mass is 10.1. The molecule has 2 unspecified atom stereocenters. The Morgan fingerprint density at radius 2 is 1.90 bits per heavy atom. The number of nitrogens with one attached hydrogen (secondary N) is 1. The third kappa shape index (κ3) is 2.44. The Morgan fingerprint density at radius 1 is 1.10 bits per heavy atom. The quantitative estimate of drug-likeness (QED) is 0.919. The van der Waals surface area contributed by atoms with E-state index in [-0.39, 0.29) is 0 Å². The van der Waals surface area contributed by atoms with E-state index in [1.807, 2.05) is 0 Å². The van der Waals surface area contributed by atoms with E-state index in [1.54, 1.807) is 0 Å². The second-order valence-corrected chi connectivity index (χ2v) is 6.26. The van der Waals surface area contributed by atoms with E-state index in [0.717, 1.165) is 24.7 Å². The molecule has 1 N–H and O–H groups in total. The van der Waals surface area contributed by atoms with Crippen molar-refractivity contribution in [3.8, 4) is 5.69 Å². The molecule has 4 heteroatoms. The second-order valence-electron chi connectivity index (χ2n) is 6.26. The highest BCUT2D eigenvalue weighted by Gasteiger charge is 2.30. The van der Waals surface area contributed by atoms with Gasteiger partial charge in [0.05, 0.1) is 5.69 Å². The van der Waals surface area contributed by atoms with Crippen LogP contribution in [0.2, 0.25) is 0 Å². The van der Waals surface area contributed by atoms with Crippen LogP contribution in [0.15, 0.2) is 36.5 Å². The number of fused-ring (bicyclic) bond motifs is 2. The summed E-state index contributed by atoms with van der Waals surface area (Å²) in [5, 5.41) is 3.74. The Bertz CT molecular complexity index is 619. The van der Waals surface area contributed by atoms with E-state index in [9.17, 15) is 0 Å². The predicted octanol–water partition coefficient (Wildman–Crippen LogP) is 2.51. The van der Waals surface area contributed by atoms with Crippen LogP contribution in [-0.2, 0) is 0 Å². The van der Waals surface area contributed by atoms with E-state index in [2.05, 4.69) is 58.2 Å². The molecule has 4 rings (SSSR count). The van der Waals surface area contributed by atoms with Crippen LogP contribution >= 0.6 is 0 Å². The fourth-order valence-corrected chi connectivity index (χ4v) is 3.61. The van der Waals surface area contributed by atoms with Gasteiger partial charge in [-0.2, -0.15) is 0 Å². The number of hydrogen-bond acceptors (Lipinski definition) is 3. The van der Waals surface area contributed by atoms with Gasteiger partial charge in [0.2, 0.25) is 5.95 Å². The first-order valence-corrected chi connectivity index (χ1v) is 7.92. The molecule has 2 aliphatic rings. The number of para-hydroxylation sites is 1. The van der Waals surface area contributed by atoms with E-state index in [4.69, 9.17) is 4.98 Å². The van der Waals surface area contributed by atoms with Gasteiger partial charge in [0.1, 0.15) is 0 Å². The maximum absolute atomic E-state index is 4.80. The summed E-state index contributed by atoms with van der Waals surface area (Å²) in [5.74, 6) is 1.09. The van der Waals surface area contributed by atoms with Crippen molar-refractivity contribution in [2.24, 2.45) is 0 Å². The van der Waals surface area contributed by atoms with Gasteiger partial charge in [-0.1, -0.05) is 18.2 Å². The zero-order valence-electron chi connectivity index (χ0n) is 12.5. The van der Waals surface area contributed by atoms with Crippen LogP contribution < -0.4 is 10.2 Å². The van der Waals surface area contributed by atoms with Crippen molar-refractivity contribution in [2.75, 3.05) is 18.0 Å². The summed E-state index contributed by atoms with van der Waals surface area (Å²) >= 11 is 0. The van der Waals surface area contributed by atoms with Crippen molar-refractivity contribution >= 4 is 5.95 Å². The van der Waals surface area contributed by atoms with E-state index < -0.39 is 0 Å². The molecular formula is C17H22N4. The molecule has 21 heavy (non-hydrogen) atoms. The summed E-state index contributed by atoms with van der Waals surface area (Å²) < 4.78 is 2.23. The highest BCUT2D eigenvalue weighted by atomic mass is 15.3. The first-order valence-electron chi connectivity index (χ1n) is 7.92. The number of hydrogen-bond donors (Lipinski definition) is 1. The molecular weight excluding hydrogens is 260 g/mol. The van der Waals surface area contributed by atoms with Gasteiger partial charge < -0.3 is 10.2 Å². The van der Waals surface area contributed by atoms with Crippen molar-refractivity contribution in [3.05, 3.63) is 42.2 Å². The van der Waals surface area contributed by atoms with E-state index in [1.165, 1.54) is 24.9 Å². The first-order chi connectivity index (χ1) is 10.3. The van der Waals surface area contributed by atoms with Crippen LogP contribution in [0.3, 0.4) is 0 Å². The van der Waals surface area contributed by atoms with Crippen molar-refractivity contribution in [1.29, 1.82) is 0 Å². The zero-order chi connectivity index (χ0) is 14.2. The third-order valence-corrected chi connectivity index (χ3v) is 4.65. The maximum atomic E-state index is 4.80. The Hall–Kier alpha value is -1.81. The number of aryl methyl sites for hydroxylation is 1. The molecule has 1 aromatic heterocycles. The number of anilines is 1. The van der Waals surface area contributed by atoms with Gasteiger partial charge in [0.25, 0.3) is 0 Å². The normalized spacial score (nSPS) is 25.1. The molecule has 110 valence electrons. The Morgan fingerprint density at radius 3 is 2.76 bits per heavy atom. The van der Waals surface area contributed by atoms with Crippen LogP contribution in [0.1, 0.15) is 25.0 Å². The highest BCUT2D eigenvalue weighted by Crippen LogP contribution is 2.26. The summed E-state index contributed by atoms with van der Waals surface area (Å²) in [6.07, 6.45) is 6.00. The summed E-state index contributed by atoms with van der Waals surface area (Å²) in [4.78, 5) is 7.25. The molecule has 0 saturated carbocycles. The minimum Gasteiger partial charge on any atom is -0.340 e. The molecule has 0 radical (unpaired) electrons. The Labute approximate surface area is 125 Å². The summed E-state index contributed by atoms with van der Waals surface area (Å²) in [5.41, 5.74) is 2.27. The van der Waals surface area contributed by atoms with Crippen LogP contribution in [0, 0.1) is 6.92 Å². The summed E-state index contributed by atoms with van der Waals surface area (Å²) in [7, 11) is 0. The minimum absolute atomic E-state index is 0.624. The molecule has 3 heterocycles. The van der Waals surface area contributed by atoms with Gasteiger partial charge in [-0.3, -0.25) is 4.57 Å². The monoisotopic (exact) mass is 282 g/mol. The molecule has 2 atom stereocenters. The third-order valence-electron chi connectivity index (χ3n) is 4.65. The Balaban J connectivity index is 1.68. The van der Waals surface area contributed by atoms with Gasteiger partial charge >= 0.3 is 0 Å². The first kappa shape index (κ1) is 12.9. The molecule has 2 aromatic rings. The molecule has 4 nitrogen and oxygen atoms in total. The largest absolute Gasteiger partial charge is 0.340 e. The molecule has 0 amide bonds. The van der Waals surface area contributed by atoms with Gasteiger partial charge in [-0.25, -0.2) is 4.98 Å². The fourth-order valence-electron chi connectivity index (χ4n) is 3.61. The van der Waals surface area contributed by atoms with Crippen molar-refractivity contribution in [1.82, 2.24) is 14.9 Å². The summed E-state index contributed by atoms with van der Waals surface area (Å²) in [6, 6.07) is 11.8. The Kier molecular flexibility index (Phi) is 3.19. The SMILES string of the molecule is Cc1cn(-c2ccccc2)c(N2CCC3CCC(C2)N3)n1. The molecule has 0 spiro atoms. The maximum Gasteiger partial charge on any atom is 0.210 e. The van der Waals surface area contributed by atoms with Crippen LogP contribution in [0.5, 0.6) is 0 Å². The predicted molar refractivity (Wildman–Crippen MR) is 85.1 cm³/mol. The zero-order valence-corrected chi connectivity index (χ0v) is 12.5. The lowest BCUT2D eigenvalue weighted by molar-refractivity contribution is 0.563. The minimum atomic E-state index is 0.624. The number of benzene rings is 1. The fraction of sp³-hybridized carbons (Fsp3) is 0.471. The van der Waals surface area contributed by atoms with Crippen molar-refractivity contribution < 1.29 is 0 Å². The topological polar surface area (TPSA) is 33.1 Å². The molecule has 0 aliphatic carbocycles. The van der Waals surface area contributed by atoms with Gasteiger partial charge in [-0.15, -0.1) is 0 Å². The average Bonchev–Trinajstić information content (AvgIpc) is 3.03. The standard InChI is InChI=1S/C17H22N4/c1-13-11-21(16-5-3-2-4-6-16)17(18-13)20-10-9-14-7-8-15(12-20)19-14/h2-6,11,14-15,19H,7-10,12H2,1H3. The van der Waals surface area contributed by atoms with E-state index >= 15 is 0 Å². The lowest BCUT2D eigenvalue weighted by Crippen LogP contribution is -2.36. The lowest BCUT2D eigenvalue weighted by Gasteiger charge is -2.26. The molecule has 2 bridgehead atoms. The van der Waals surface area contributed by atoms with Crippen molar-refractivity contribution in [2.45, 2.75) is 38.3 Å². The summed E-state index contributed by atoms with van der Waals surface area (Å²) in [6.45, 7) is 4.24. The smallest absolute Gasteiger partial charge is 0.210 e. The molecule has 2 fully saturated rings. The number of nitrogens with zero attached hydrogens (tertiary/aromatic N) is 3. The number of aromatic nitrogens is 2. The molecule has 2 saturated heterocycles. The van der Waals surface area contributed by atoms with Gasteiger partial charge in [-0.05, 0) is 38.3 Å². The molecule has 1 aromatic carbocycles. The van der Waals surface area contributed by atoms with Gasteiger partial charge in [0, 0.05) is 37.1 Å². The van der Waals surface area contributed by atoms with Crippen LogP contribution in [0.25, 0.3) is 5.69 Å². The number of imidazole rings is 1. The molecule has 2 aliphatic heterocycles. The van der Waals surface area contributed by atoms with Crippen LogP contribution in [0.4, 0.5) is 5.95 Å². The number of rotatable bonds is 2. The van der Waals surface area contributed by atoms with Crippen molar-refractivity contribution in [3.63, 3.8) is 0 Å².